The molecule has 2 rings (SSSR count). The predicted octanol–water partition coefficient (Wildman–Crippen LogP) is 2.32. The summed E-state index contributed by atoms with van der Waals surface area (Å²) in [4.78, 5) is 7.96. The van der Waals surface area contributed by atoms with Crippen molar-refractivity contribution in [3.05, 3.63) is 46.8 Å². The Hall–Kier alpha value is -2.29. The van der Waals surface area contributed by atoms with Crippen molar-refractivity contribution in [1.82, 2.24) is 9.97 Å². The first-order chi connectivity index (χ1) is 10.7. The number of sulfonamides is 1. The zero-order chi connectivity index (χ0) is 17.2. The first-order valence-electron chi connectivity index (χ1n) is 6.55. The third-order valence-electron chi connectivity index (χ3n) is 3.04. The normalized spacial score (nSPS) is 11.3. The molecule has 0 bridgehead atoms. The minimum atomic E-state index is -3.97. The lowest BCUT2D eigenvalue weighted by atomic mass is 10.2. The molecule has 0 amide bonds. The molecule has 2 aromatic rings. The molecule has 0 fully saturated rings. The molecule has 1 aromatic carbocycles. The number of methoxy groups -OCH3 is 1. The Morgan fingerprint density at radius 2 is 1.78 bits per heavy atom. The van der Waals surface area contributed by atoms with Gasteiger partial charge in [-0.15, -0.1) is 0 Å². The Labute approximate surface area is 132 Å². The number of rotatable bonds is 5. The van der Waals surface area contributed by atoms with Crippen LogP contribution in [0.15, 0.2) is 18.2 Å². The minimum Gasteiger partial charge on any atom is -0.467 e. The summed E-state index contributed by atoms with van der Waals surface area (Å²) in [5.74, 6) is -2.21. The molecule has 23 heavy (non-hydrogen) atoms. The van der Waals surface area contributed by atoms with E-state index in [1.807, 2.05) is 0 Å². The Bertz CT molecular complexity index is 818. The van der Waals surface area contributed by atoms with Crippen molar-refractivity contribution < 1.29 is 21.9 Å². The van der Waals surface area contributed by atoms with Gasteiger partial charge in [0, 0.05) is 5.56 Å². The van der Waals surface area contributed by atoms with E-state index in [9.17, 15) is 17.2 Å². The van der Waals surface area contributed by atoms with Crippen molar-refractivity contribution in [2.75, 3.05) is 11.8 Å². The van der Waals surface area contributed by atoms with Crippen LogP contribution in [0.25, 0.3) is 0 Å². The van der Waals surface area contributed by atoms with Gasteiger partial charge in [0.05, 0.1) is 29.9 Å². The highest BCUT2D eigenvalue weighted by molar-refractivity contribution is 7.91. The Morgan fingerprint density at radius 1 is 1.17 bits per heavy atom. The number of halogens is 2. The highest BCUT2D eigenvalue weighted by Crippen LogP contribution is 2.22. The largest absolute Gasteiger partial charge is 0.467 e. The van der Waals surface area contributed by atoms with Gasteiger partial charge in [-0.1, -0.05) is 0 Å². The first kappa shape index (κ1) is 17.1. The molecule has 0 atom stereocenters. The van der Waals surface area contributed by atoms with Crippen molar-refractivity contribution >= 4 is 15.7 Å². The van der Waals surface area contributed by atoms with Gasteiger partial charge < -0.3 is 4.74 Å². The summed E-state index contributed by atoms with van der Waals surface area (Å²) < 4.78 is 58.3. The third kappa shape index (κ3) is 4.13. The average Bonchev–Trinajstić information content (AvgIpc) is 2.46. The Balaban J connectivity index is 2.30. The number of anilines is 1. The van der Waals surface area contributed by atoms with E-state index in [1.165, 1.54) is 7.11 Å². The molecule has 0 aliphatic heterocycles. The molecule has 0 unspecified atom stereocenters. The number of benzene rings is 1. The summed E-state index contributed by atoms with van der Waals surface area (Å²) in [7, 11) is -2.58. The summed E-state index contributed by atoms with van der Waals surface area (Å²) >= 11 is 0. The molecule has 0 spiro atoms. The van der Waals surface area contributed by atoms with Crippen LogP contribution in [0, 0.1) is 25.5 Å². The van der Waals surface area contributed by atoms with Gasteiger partial charge in [0.15, 0.2) is 0 Å². The Kier molecular flexibility index (Phi) is 4.79. The summed E-state index contributed by atoms with van der Waals surface area (Å²) in [6, 6.07) is 2.76. The second-order valence-electron chi connectivity index (χ2n) is 4.85. The minimum absolute atomic E-state index is 0.110. The quantitative estimate of drug-likeness (QED) is 0.901. The van der Waals surface area contributed by atoms with E-state index < -0.39 is 27.4 Å². The van der Waals surface area contributed by atoms with Crippen molar-refractivity contribution in [2.24, 2.45) is 0 Å². The van der Waals surface area contributed by atoms with Crippen LogP contribution in [-0.4, -0.2) is 25.5 Å². The number of ether oxygens (including phenoxy) is 1. The van der Waals surface area contributed by atoms with Gasteiger partial charge in [0.25, 0.3) is 0 Å². The second kappa shape index (κ2) is 6.45. The Morgan fingerprint density at radius 3 is 2.35 bits per heavy atom. The van der Waals surface area contributed by atoms with E-state index in [2.05, 4.69) is 14.7 Å². The van der Waals surface area contributed by atoms with Crippen molar-refractivity contribution in [1.29, 1.82) is 0 Å². The SMILES string of the molecule is COc1nc(C)c(NS(=O)(=O)Cc2cc(F)ccc2F)c(C)n1. The summed E-state index contributed by atoms with van der Waals surface area (Å²) in [6.45, 7) is 3.16. The molecule has 0 saturated heterocycles. The lowest BCUT2D eigenvalue weighted by Gasteiger charge is -2.13. The maximum Gasteiger partial charge on any atom is 0.316 e. The van der Waals surface area contributed by atoms with Crippen molar-refractivity contribution in [3.63, 3.8) is 0 Å². The zero-order valence-electron chi connectivity index (χ0n) is 12.7. The number of aryl methyl sites for hydroxylation is 2. The molecule has 0 radical (unpaired) electrons. The molecule has 1 N–H and O–H groups in total. The van der Waals surface area contributed by atoms with Crippen LogP contribution < -0.4 is 9.46 Å². The molecule has 0 aliphatic carbocycles. The highest BCUT2D eigenvalue weighted by atomic mass is 32.2. The van der Waals surface area contributed by atoms with E-state index in [0.717, 1.165) is 18.2 Å². The monoisotopic (exact) mass is 343 g/mol. The predicted molar refractivity (Wildman–Crippen MR) is 80.7 cm³/mol. The molecule has 9 heteroatoms. The fourth-order valence-corrected chi connectivity index (χ4v) is 3.28. The van der Waals surface area contributed by atoms with Gasteiger partial charge in [-0.3, -0.25) is 4.72 Å². The number of nitrogens with zero attached hydrogens (tertiary/aromatic N) is 2. The topological polar surface area (TPSA) is 81.2 Å². The fraction of sp³-hybridized carbons (Fsp3) is 0.286. The maximum absolute atomic E-state index is 13.6. The standard InChI is InChI=1S/C14H15F2N3O3S/c1-8-13(9(2)18-14(17-8)22-3)19-23(20,21)7-10-6-11(15)4-5-12(10)16/h4-6,19H,7H2,1-3H3. The van der Waals surface area contributed by atoms with Gasteiger partial charge in [-0.05, 0) is 32.0 Å². The van der Waals surface area contributed by atoms with E-state index in [4.69, 9.17) is 4.74 Å². The van der Waals surface area contributed by atoms with Crippen LogP contribution in [-0.2, 0) is 15.8 Å². The zero-order valence-corrected chi connectivity index (χ0v) is 13.5. The van der Waals surface area contributed by atoms with E-state index >= 15 is 0 Å². The van der Waals surface area contributed by atoms with Crippen LogP contribution in [0.1, 0.15) is 17.0 Å². The molecular formula is C14H15F2N3O3S. The van der Waals surface area contributed by atoms with E-state index in [-0.39, 0.29) is 17.3 Å². The molecule has 0 saturated carbocycles. The van der Waals surface area contributed by atoms with Gasteiger partial charge in [0.2, 0.25) is 10.0 Å². The van der Waals surface area contributed by atoms with Gasteiger partial charge in [0.1, 0.15) is 11.6 Å². The van der Waals surface area contributed by atoms with Crippen molar-refractivity contribution in [3.8, 4) is 6.01 Å². The number of nitrogens with one attached hydrogen (secondary N) is 1. The van der Waals surface area contributed by atoms with Crippen LogP contribution >= 0.6 is 0 Å². The third-order valence-corrected chi connectivity index (χ3v) is 4.25. The first-order valence-corrected chi connectivity index (χ1v) is 8.20. The second-order valence-corrected chi connectivity index (χ2v) is 6.58. The van der Waals surface area contributed by atoms with E-state index in [1.54, 1.807) is 13.8 Å². The molecule has 6 nitrogen and oxygen atoms in total. The molecule has 0 aliphatic rings. The van der Waals surface area contributed by atoms with Crippen LogP contribution in [0.3, 0.4) is 0 Å². The number of aromatic nitrogens is 2. The molecule has 1 aromatic heterocycles. The highest BCUT2D eigenvalue weighted by Gasteiger charge is 2.19. The smallest absolute Gasteiger partial charge is 0.316 e. The van der Waals surface area contributed by atoms with Gasteiger partial charge in [-0.25, -0.2) is 17.2 Å². The number of hydrogen-bond acceptors (Lipinski definition) is 5. The summed E-state index contributed by atoms with van der Waals surface area (Å²) in [5, 5.41) is 0. The van der Waals surface area contributed by atoms with Crippen LogP contribution in [0.5, 0.6) is 6.01 Å². The van der Waals surface area contributed by atoms with E-state index in [0.29, 0.717) is 11.4 Å². The fourth-order valence-electron chi connectivity index (χ4n) is 1.97. The average molecular weight is 343 g/mol. The molecular weight excluding hydrogens is 328 g/mol. The van der Waals surface area contributed by atoms with Gasteiger partial charge in [-0.2, -0.15) is 9.97 Å². The van der Waals surface area contributed by atoms with Crippen LogP contribution in [0.2, 0.25) is 0 Å². The van der Waals surface area contributed by atoms with Crippen molar-refractivity contribution in [2.45, 2.75) is 19.6 Å². The summed E-state index contributed by atoms with van der Waals surface area (Å²) in [5.41, 5.74) is 0.639. The number of hydrogen-bond donors (Lipinski definition) is 1. The lowest BCUT2D eigenvalue weighted by Crippen LogP contribution is -2.18. The van der Waals surface area contributed by atoms with Gasteiger partial charge >= 0.3 is 6.01 Å². The summed E-state index contributed by atoms with van der Waals surface area (Å²) in [6.07, 6.45) is 0. The molecule has 1 heterocycles. The maximum atomic E-state index is 13.6. The lowest BCUT2D eigenvalue weighted by molar-refractivity contribution is 0.378. The molecule has 124 valence electrons. The van der Waals surface area contributed by atoms with Crippen LogP contribution in [0.4, 0.5) is 14.5 Å².